The van der Waals surface area contributed by atoms with Crippen molar-refractivity contribution in [2.75, 3.05) is 13.2 Å². The van der Waals surface area contributed by atoms with E-state index in [1.54, 1.807) is 0 Å². The number of rotatable bonds is 1. The number of H-pyrrole nitrogens is 1. The van der Waals surface area contributed by atoms with Gasteiger partial charge in [-0.25, -0.2) is 0 Å². The highest BCUT2D eigenvalue weighted by atomic mass is 16.3. The summed E-state index contributed by atoms with van der Waals surface area (Å²) in [4.78, 5) is 3.38. The second-order valence-corrected chi connectivity index (χ2v) is 5.69. The molecule has 18 heavy (non-hydrogen) atoms. The Morgan fingerprint density at radius 3 is 3.17 bits per heavy atom. The molecule has 0 saturated carbocycles. The van der Waals surface area contributed by atoms with Crippen LogP contribution in [-0.2, 0) is 6.42 Å². The van der Waals surface area contributed by atoms with Gasteiger partial charge in [-0.05, 0) is 36.0 Å². The van der Waals surface area contributed by atoms with Gasteiger partial charge >= 0.3 is 0 Å². The Kier molecular flexibility index (Phi) is 2.26. The first-order valence-electron chi connectivity index (χ1n) is 6.80. The standard InChI is InChI=1S/C15H18N2O/c18-8-9-4-12-11-2-1-3-13-15(11)10(7-17-13)5-14(12)16-6-9/h1-3,7,9,12,14,16-18H,4-6,8H2/t9?,12-,14?/m1/s1. The number of piperidine rings is 1. The van der Waals surface area contributed by atoms with Crippen LogP contribution in [0.3, 0.4) is 0 Å². The van der Waals surface area contributed by atoms with Crippen LogP contribution in [0.1, 0.15) is 23.5 Å². The van der Waals surface area contributed by atoms with Crippen molar-refractivity contribution >= 4 is 10.9 Å². The van der Waals surface area contributed by atoms with Gasteiger partial charge in [0, 0.05) is 42.2 Å². The van der Waals surface area contributed by atoms with Crippen LogP contribution in [0, 0.1) is 5.92 Å². The highest BCUT2D eigenvalue weighted by molar-refractivity contribution is 5.88. The molecular formula is C15H18N2O. The molecule has 1 aromatic carbocycles. The van der Waals surface area contributed by atoms with Crippen molar-refractivity contribution < 1.29 is 5.11 Å². The smallest absolute Gasteiger partial charge is 0.0471 e. The Morgan fingerprint density at radius 2 is 2.28 bits per heavy atom. The molecule has 4 rings (SSSR count). The predicted molar refractivity (Wildman–Crippen MR) is 71.7 cm³/mol. The quantitative estimate of drug-likeness (QED) is 0.714. The first-order chi connectivity index (χ1) is 8.86. The number of hydrogen-bond donors (Lipinski definition) is 3. The number of aliphatic hydroxyl groups is 1. The van der Waals surface area contributed by atoms with E-state index >= 15 is 0 Å². The van der Waals surface area contributed by atoms with Gasteiger partial charge in [-0.3, -0.25) is 0 Å². The number of fused-ring (bicyclic) bond motifs is 2. The van der Waals surface area contributed by atoms with Gasteiger partial charge in [0.15, 0.2) is 0 Å². The Morgan fingerprint density at radius 1 is 1.33 bits per heavy atom. The van der Waals surface area contributed by atoms with Crippen LogP contribution in [0.4, 0.5) is 0 Å². The van der Waals surface area contributed by atoms with Gasteiger partial charge in [-0.15, -0.1) is 0 Å². The van der Waals surface area contributed by atoms with Gasteiger partial charge in [-0.1, -0.05) is 12.1 Å². The molecule has 2 unspecified atom stereocenters. The largest absolute Gasteiger partial charge is 0.396 e. The van der Waals surface area contributed by atoms with Crippen molar-refractivity contribution in [3.8, 4) is 0 Å². The van der Waals surface area contributed by atoms with Crippen molar-refractivity contribution in [1.29, 1.82) is 0 Å². The lowest BCUT2D eigenvalue weighted by atomic mass is 9.73. The van der Waals surface area contributed by atoms with E-state index in [2.05, 4.69) is 34.7 Å². The maximum Gasteiger partial charge on any atom is 0.0471 e. The summed E-state index contributed by atoms with van der Waals surface area (Å²) >= 11 is 0. The SMILES string of the molecule is OCC1CNC2Cc3c[nH]c4cccc(c34)[C@H]2C1. The fourth-order valence-corrected chi connectivity index (χ4v) is 3.76. The molecule has 94 valence electrons. The third-order valence-electron chi connectivity index (χ3n) is 4.66. The number of hydrogen-bond acceptors (Lipinski definition) is 2. The zero-order valence-electron chi connectivity index (χ0n) is 10.3. The molecule has 1 aliphatic carbocycles. The summed E-state index contributed by atoms with van der Waals surface area (Å²) < 4.78 is 0. The van der Waals surface area contributed by atoms with Crippen LogP contribution in [0.25, 0.3) is 10.9 Å². The Hall–Kier alpha value is -1.32. The van der Waals surface area contributed by atoms with Gasteiger partial charge < -0.3 is 15.4 Å². The fourth-order valence-electron chi connectivity index (χ4n) is 3.76. The average molecular weight is 242 g/mol. The van der Waals surface area contributed by atoms with E-state index in [-0.39, 0.29) is 0 Å². The second kappa shape index (κ2) is 3.84. The molecule has 3 nitrogen and oxygen atoms in total. The van der Waals surface area contributed by atoms with Crippen LogP contribution in [-0.4, -0.2) is 29.3 Å². The molecule has 1 aliphatic heterocycles. The van der Waals surface area contributed by atoms with Gasteiger partial charge in [0.2, 0.25) is 0 Å². The Bertz CT molecular complexity index is 589. The fraction of sp³-hybridized carbons (Fsp3) is 0.467. The molecule has 0 bridgehead atoms. The summed E-state index contributed by atoms with van der Waals surface area (Å²) in [6.45, 7) is 1.25. The lowest BCUT2D eigenvalue weighted by molar-refractivity contribution is 0.168. The molecule has 3 heteroatoms. The third-order valence-corrected chi connectivity index (χ3v) is 4.66. The highest BCUT2D eigenvalue weighted by Gasteiger charge is 2.35. The molecule has 0 spiro atoms. The van der Waals surface area contributed by atoms with Crippen LogP contribution < -0.4 is 5.32 Å². The van der Waals surface area contributed by atoms with E-state index in [9.17, 15) is 5.11 Å². The maximum absolute atomic E-state index is 9.38. The van der Waals surface area contributed by atoms with Gasteiger partial charge in [0.25, 0.3) is 0 Å². The second-order valence-electron chi connectivity index (χ2n) is 5.69. The van der Waals surface area contributed by atoms with E-state index in [0.29, 0.717) is 24.5 Å². The average Bonchev–Trinajstić information content (AvgIpc) is 2.83. The van der Waals surface area contributed by atoms with Crippen LogP contribution >= 0.6 is 0 Å². The minimum atomic E-state index is 0.298. The highest BCUT2D eigenvalue weighted by Crippen LogP contribution is 2.41. The molecule has 1 fully saturated rings. The lowest BCUT2D eigenvalue weighted by Gasteiger charge is -2.39. The number of benzene rings is 1. The van der Waals surface area contributed by atoms with Gasteiger partial charge in [-0.2, -0.15) is 0 Å². The van der Waals surface area contributed by atoms with Gasteiger partial charge in [0.05, 0.1) is 0 Å². The van der Waals surface area contributed by atoms with Crippen LogP contribution in [0.15, 0.2) is 24.4 Å². The molecule has 1 saturated heterocycles. The first kappa shape index (κ1) is 10.6. The van der Waals surface area contributed by atoms with E-state index in [0.717, 1.165) is 19.4 Å². The molecule has 3 N–H and O–H groups in total. The Balaban J connectivity index is 1.85. The van der Waals surface area contributed by atoms with Crippen molar-refractivity contribution in [2.24, 2.45) is 5.92 Å². The van der Waals surface area contributed by atoms with Crippen LogP contribution in [0.5, 0.6) is 0 Å². The summed E-state index contributed by atoms with van der Waals surface area (Å²) in [5, 5.41) is 14.4. The van der Waals surface area contributed by atoms with Crippen molar-refractivity contribution in [1.82, 2.24) is 10.3 Å². The molecule has 3 atom stereocenters. The number of aromatic amines is 1. The normalized spacial score (nSPS) is 30.4. The molecule has 2 aliphatic rings. The van der Waals surface area contributed by atoms with Crippen LogP contribution in [0.2, 0.25) is 0 Å². The summed E-state index contributed by atoms with van der Waals surface area (Å²) in [5.74, 6) is 0.963. The van der Waals surface area contributed by atoms with Crippen molar-refractivity contribution in [2.45, 2.75) is 24.8 Å². The minimum absolute atomic E-state index is 0.298. The predicted octanol–water partition coefficient (Wildman–Crippen LogP) is 1.78. The molecule has 2 aromatic rings. The van der Waals surface area contributed by atoms with Crippen molar-refractivity contribution in [3.63, 3.8) is 0 Å². The minimum Gasteiger partial charge on any atom is -0.396 e. The van der Waals surface area contributed by atoms with E-state index in [1.807, 2.05) is 0 Å². The molecule has 1 aromatic heterocycles. The molecule has 0 radical (unpaired) electrons. The first-order valence-corrected chi connectivity index (χ1v) is 6.80. The lowest BCUT2D eigenvalue weighted by Crippen LogP contribution is -2.47. The summed E-state index contributed by atoms with van der Waals surface area (Å²) in [5.41, 5.74) is 4.16. The molecular weight excluding hydrogens is 224 g/mol. The van der Waals surface area contributed by atoms with E-state index in [4.69, 9.17) is 0 Å². The summed E-state index contributed by atoms with van der Waals surface area (Å²) in [7, 11) is 0. The molecule has 0 amide bonds. The maximum atomic E-state index is 9.38. The Labute approximate surface area is 106 Å². The number of aliphatic hydroxyl groups excluding tert-OH is 1. The monoisotopic (exact) mass is 242 g/mol. The van der Waals surface area contributed by atoms with E-state index < -0.39 is 0 Å². The third kappa shape index (κ3) is 1.38. The van der Waals surface area contributed by atoms with E-state index in [1.165, 1.54) is 22.0 Å². The zero-order valence-corrected chi connectivity index (χ0v) is 10.3. The summed E-state index contributed by atoms with van der Waals surface area (Å²) in [6.07, 6.45) is 4.38. The molecule has 2 heterocycles. The summed E-state index contributed by atoms with van der Waals surface area (Å²) in [6, 6.07) is 7.10. The van der Waals surface area contributed by atoms with Crippen molar-refractivity contribution in [3.05, 3.63) is 35.5 Å². The number of aromatic nitrogens is 1. The zero-order chi connectivity index (χ0) is 12.1. The topological polar surface area (TPSA) is 48.0 Å². The van der Waals surface area contributed by atoms with Gasteiger partial charge in [0.1, 0.15) is 0 Å². The number of nitrogens with one attached hydrogen (secondary N) is 2.